The Kier molecular flexibility index (Phi) is 16.4. The van der Waals surface area contributed by atoms with Crippen molar-refractivity contribution in [1.29, 1.82) is 0 Å². The van der Waals surface area contributed by atoms with Gasteiger partial charge in [0.15, 0.2) is 5.78 Å². The van der Waals surface area contributed by atoms with Gasteiger partial charge in [-0.2, -0.15) is 26.3 Å². The molecule has 2 aliphatic carbocycles. The molecule has 10 nitrogen and oxygen atoms in total. The third-order valence-corrected chi connectivity index (χ3v) is 10.9. The van der Waals surface area contributed by atoms with Crippen molar-refractivity contribution in [2.45, 2.75) is 94.1 Å². The number of anilines is 2. The third kappa shape index (κ3) is 15.5. The number of hydrogen-bond acceptors (Lipinski definition) is 10. The van der Waals surface area contributed by atoms with Crippen LogP contribution in [0.1, 0.15) is 80.4 Å². The predicted octanol–water partition coefficient (Wildman–Crippen LogP) is 8.60. The third-order valence-electron chi connectivity index (χ3n) is 10.9. The first-order valence-corrected chi connectivity index (χ1v) is 20.2. The van der Waals surface area contributed by atoms with Crippen molar-refractivity contribution in [3.05, 3.63) is 95.6 Å². The normalized spacial score (nSPS) is 20.8. The molecule has 2 saturated carbocycles. The summed E-state index contributed by atoms with van der Waals surface area (Å²) in [7, 11) is 0. The first-order valence-electron chi connectivity index (χ1n) is 20.2. The number of ether oxygens (including phenoxy) is 4. The highest BCUT2D eigenvalue weighted by Crippen LogP contribution is 2.37. The number of alkyl halides is 6. The molecule has 2 aliphatic rings. The van der Waals surface area contributed by atoms with E-state index in [1.165, 1.54) is 36.4 Å². The molecule has 16 heteroatoms. The zero-order valence-electron chi connectivity index (χ0n) is 33.5. The van der Waals surface area contributed by atoms with Gasteiger partial charge in [-0.15, -0.1) is 0 Å². The van der Waals surface area contributed by atoms with Crippen LogP contribution in [0.3, 0.4) is 0 Å². The van der Waals surface area contributed by atoms with E-state index in [-0.39, 0.29) is 23.1 Å². The summed E-state index contributed by atoms with van der Waals surface area (Å²) in [5.41, 5.74) is 13.7. The molecule has 2 fully saturated rings. The first-order chi connectivity index (χ1) is 28.8. The maximum atomic E-state index is 13.4. The van der Waals surface area contributed by atoms with E-state index in [0.29, 0.717) is 92.9 Å². The largest absolute Gasteiger partial charge is 0.493 e. The van der Waals surface area contributed by atoms with Gasteiger partial charge in [0.1, 0.15) is 24.7 Å². The Morgan fingerprint density at radius 2 is 1.10 bits per heavy atom. The van der Waals surface area contributed by atoms with E-state index >= 15 is 0 Å². The highest BCUT2D eigenvalue weighted by molar-refractivity contribution is 6.01. The molecule has 0 aliphatic heterocycles. The lowest BCUT2D eigenvalue weighted by Gasteiger charge is -2.30. The van der Waals surface area contributed by atoms with Crippen LogP contribution in [0.2, 0.25) is 0 Å². The lowest BCUT2D eigenvalue weighted by Crippen LogP contribution is -2.44. The molecular formula is C45H52F6N2O8. The molecule has 0 heterocycles. The van der Waals surface area contributed by atoms with Crippen LogP contribution in [0, 0.1) is 11.8 Å². The molecular weight excluding hydrogens is 810 g/mol. The molecule has 0 radical (unpaired) electrons. The lowest BCUT2D eigenvalue weighted by molar-refractivity contribution is -0.189. The average Bonchev–Trinajstić information content (AvgIpc) is 3.22. The van der Waals surface area contributed by atoms with Gasteiger partial charge in [-0.25, -0.2) is 0 Å². The molecule has 5 rings (SSSR count). The van der Waals surface area contributed by atoms with Gasteiger partial charge in [-0.1, -0.05) is 42.5 Å². The van der Waals surface area contributed by atoms with Crippen molar-refractivity contribution in [2.75, 3.05) is 37.9 Å². The fourth-order valence-corrected chi connectivity index (χ4v) is 7.44. The summed E-state index contributed by atoms with van der Waals surface area (Å²) in [4.78, 5) is 26.7. The maximum Gasteiger partial charge on any atom is 0.411 e. The predicted molar refractivity (Wildman–Crippen MR) is 217 cm³/mol. The monoisotopic (exact) mass is 862 g/mol. The van der Waals surface area contributed by atoms with E-state index in [2.05, 4.69) is 0 Å². The summed E-state index contributed by atoms with van der Waals surface area (Å²) in [5.74, 6) is -4.69. The zero-order chi connectivity index (χ0) is 44.2. The van der Waals surface area contributed by atoms with Gasteiger partial charge in [0.25, 0.3) is 0 Å². The minimum Gasteiger partial charge on any atom is -0.493 e. The SMILES string of the molecule is Nc1ccc(C(CC(=O)C=Cc2ccc(OCC3CCC(OCC(F)(F)F)CC3)cc2)C(O)(O)C(=O)C=Cc2ccc(OCC3CCC(OCC(F)(F)F)CC3)cc2)c(N)c1. The van der Waals surface area contributed by atoms with E-state index in [1.807, 2.05) is 0 Å². The Balaban J connectivity index is 1.13. The number of nitrogens with two attached hydrogens (primary N) is 2. The molecule has 1 atom stereocenters. The highest BCUT2D eigenvalue weighted by Gasteiger charge is 2.43. The van der Waals surface area contributed by atoms with Gasteiger partial charge in [0.2, 0.25) is 11.6 Å². The Morgan fingerprint density at radius 3 is 1.52 bits per heavy atom. The molecule has 3 aromatic rings. The van der Waals surface area contributed by atoms with Crippen molar-refractivity contribution in [1.82, 2.24) is 0 Å². The quantitative estimate of drug-likeness (QED) is 0.0397. The Hall–Kier alpha value is -4.90. The summed E-state index contributed by atoms with van der Waals surface area (Å²) in [5, 5.41) is 22.6. The second-order valence-corrected chi connectivity index (χ2v) is 15.8. The summed E-state index contributed by atoms with van der Waals surface area (Å²) < 4.78 is 96.5. The van der Waals surface area contributed by atoms with Crippen molar-refractivity contribution in [3.63, 3.8) is 0 Å². The van der Waals surface area contributed by atoms with Gasteiger partial charge in [-0.05, 0) is 128 Å². The van der Waals surface area contributed by atoms with Crippen LogP contribution in [0.4, 0.5) is 37.7 Å². The Bertz CT molecular complexity index is 1930. The van der Waals surface area contributed by atoms with E-state index in [4.69, 9.17) is 30.4 Å². The number of benzene rings is 3. The Labute approximate surface area is 350 Å². The number of allylic oxidation sites excluding steroid dienone is 1. The average molecular weight is 863 g/mol. The van der Waals surface area contributed by atoms with Crippen molar-refractivity contribution >= 4 is 35.1 Å². The van der Waals surface area contributed by atoms with Gasteiger partial charge in [0, 0.05) is 17.8 Å². The number of hydrogen-bond donors (Lipinski definition) is 4. The molecule has 0 spiro atoms. The minimum atomic E-state index is -4.35. The summed E-state index contributed by atoms with van der Waals surface area (Å²) in [6, 6.07) is 17.9. The standard InChI is InChI=1S/C45H52F6N2O8/c46-43(47,48)27-60-37-17-6-31(7-18-37)25-58-35-13-2-29(3-14-35)1-12-34(54)24-40(39-21-11-33(52)23-41(39)53)45(56,57)42(55)22-10-30-4-15-36(16-5-30)59-26-32-8-19-38(20-9-32)61-28-44(49,50)51/h1-5,10-16,21-23,31-32,37-38,40,56-57H,6-9,17-20,24-28,52-53H2. The van der Waals surface area contributed by atoms with Crippen LogP contribution in [0.25, 0.3) is 12.2 Å². The van der Waals surface area contributed by atoms with Gasteiger partial charge in [-0.3, -0.25) is 9.59 Å². The molecule has 332 valence electrons. The lowest BCUT2D eigenvalue weighted by atomic mass is 9.82. The summed E-state index contributed by atoms with van der Waals surface area (Å²) >= 11 is 0. The molecule has 1 unspecified atom stereocenters. The summed E-state index contributed by atoms with van der Waals surface area (Å²) in [6.07, 6.45) is -0.0211. The fourth-order valence-electron chi connectivity index (χ4n) is 7.44. The van der Waals surface area contributed by atoms with Gasteiger partial charge >= 0.3 is 12.4 Å². The first kappa shape index (κ1) is 47.2. The van der Waals surface area contributed by atoms with Crippen LogP contribution >= 0.6 is 0 Å². The molecule has 0 aromatic heterocycles. The molecule has 0 amide bonds. The zero-order valence-corrected chi connectivity index (χ0v) is 33.5. The highest BCUT2D eigenvalue weighted by atomic mass is 19.4. The number of nitrogen functional groups attached to an aromatic ring is 2. The van der Waals surface area contributed by atoms with Crippen LogP contribution in [0.15, 0.2) is 78.9 Å². The minimum absolute atomic E-state index is 0.0582. The number of rotatable bonds is 19. The number of carbonyl (C=O) groups excluding carboxylic acids is 2. The van der Waals surface area contributed by atoms with Gasteiger partial charge < -0.3 is 40.6 Å². The summed E-state index contributed by atoms with van der Waals surface area (Å²) in [6.45, 7) is -1.71. The number of carbonyl (C=O) groups is 2. The van der Waals surface area contributed by atoms with Crippen molar-refractivity contribution in [2.24, 2.45) is 11.8 Å². The molecule has 6 N–H and O–H groups in total. The molecule has 61 heavy (non-hydrogen) atoms. The number of halogens is 6. The second kappa shape index (κ2) is 21.3. The van der Waals surface area contributed by atoms with E-state index in [0.717, 1.165) is 6.08 Å². The van der Waals surface area contributed by atoms with E-state index < -0.39 is 67.5 Å². The van der Waals surface area contributed by atoms with Crippen LogP contribution < -0.4 is 20.9 Å². The number of ketones is 2. The molecule has 0 saturated heterocycles. The van der Waals surface area contributed by atoms with Gasteiger partial charge in [0.05, 0.1) is 31.3 Å². The van der Waals surface area contributed by atoms with Crippen LogP contribution in [-0.4, -0.2) is 78.6 Å². The maximum absolute atomic E-state index is 13.4. The van der Waals surface area contributed by atoms with Crippen LogP contribution in [0.5, 0.6) is 11.5 Å². The fraction of sp³-hybridized carbons (Fsp3) is 0.467. The smallest absolute Gasteiger partial charge is 0.411 e. The molecule has 3 aromatic carbocycles. The van der Waals surface area contributed by atoms with Crippen molar-refractivity contribution in [3.8, 4) is 11.5 Å². The van der Waals surface area contributed by atoms with E-state index in [9.17, 15) is 46.1 Å². The second-order valence-electron chi connectivity index (χ2n) is 15.8. The number of aliphatic hydroxyl groups is 2. The topological polar surface area (TPSA) is 164 Å². The van der Waals surface area contributed by atoms with Crippen LogP contribution in [-0.2, 0) is 19.1 Å². The van der Waals surface area contributed by atoms with Crippen molar-refractivity contribution < 1.29 is 65.1 Å². The molecule has 0 bridgehead atoms. The van der Waals surface area contributed by atoms with E-state index in [1.54, 1.807) is 48.5 Å². The Morgan fingerprint density at radius 1 is 0.656 bits per heavy atom.